The van der Waals surface area contributed by atoms with Crippen molar-refractivity contribution in [1.82, 2.24) is 0 Å². The molecule has 3 aromatic rings. The van der Waals surface area contributed by atoms with Gasteiger partial charge >= 0.3 is 0 Å². The smallest absolute Gasteiger partial charge is 0.259 e. The summed E-state index contributed by atoms with van der Waals surface area (Å²) in [5.41, 5.74) is 1.07. The number of carbonyl (C=O) groups is 2. The van der Waals surface area contributed by atoms with Crippen molar-refractivity contribution in [1.29, 1.82) is 0 Å². The molecule has 0 aromatic heterocycles. The Morgan fingerprint density at radius 1 is 0.914 bits per heavy atom. The van der Waals surface area contributed by atoms with E-state index in [-0.39, 0.29) is 27.0 Å². The topological polar surface area (TPSA) is 67.4 Å². The van der Waals surface area contributed by atoms with E-state index in [0.29, 0.717) is 11.3 Å². The first-order valence-electron chi connectivity index (χ1n) is 10.1. The van der Waals surface area contributed by atoms with Crippen LogP contribution in [-0.4, -0.2) is 23.3 Å². The standard InChI is InChI=1S/C24H16Cl4F2N2O3/c1-35-21-15(22(33)31-13-5-3-12(29)4-6-13)9-14(10-17(21)26)32-23(34)20-19(24(20,27)28)11-2-7-18(30)16(25)8-11/h2-10,19-20H,1H3,(H,31,33)(H,32,34). The number of methoxy groups -OCH3 is 1. The van der Waals surface area contributed by atoms with E-state index in [0.717, 1.165) is 0 Å². The molecule has 1 aliphatic rings. The van der Waals surface area contributed by atoms with Gasteiger partial charge in [-0.05, 0) is 54.1 Å². The number of halogens is 6. The highest BCUT2D eigenvalue weighted by molar-refractivity contribution is 6.53. The molecule has 1 aliphatic carbocycles. The minimum Gasteiger partial charge on any atom is -0.494 e. The highest BCUT2D eigenvalue weighted by Gasteiger charge is 2.67. The zero-order valence-corrected chi connectivity index (χ0v) is 20.9. The summed E-state index contributed by atoms with van der Waals surface area (Å²) in [6, 6.07) is 12.0. The Morgan fingerprint density at radius 3 is 2.23 bits per heavy atom. The third kappa shape index (κ3) is 5.19. The van der Waals surface area contributed by atoms with Crippen molar-refractivity contribution in [2.45, 2.75) is 10.3 Å². The average molecular weight is 560 g/mol. The molecular formula is C24H16Cl4F2N2O3. The van der Waals surface area contributed by atoms with Crippen molar-refractivity contribution < 1.29 is 23.1 Å². The molecule has 5 nitrogen and oxygen atoms in total. The Kier molecular flexibility index (Phi) is 7.16. The summed E-state index contributed by atoms with van der Waals surface area (Å²) < 4.78 is 30.5. The fourth-order valence-electron chi connectivity index (χ4n) is 3.77. The van der Waals surface area contributed by atoms with E-state index in [1.165, 1.54) is 61.7 Å². The molecule has 3 aromatic carbocycles. The fourth-order valence-corrected chi connectivity index (χ4v) is 5.08. The average Bonchev–Trinajstić information content (AvgIpc) is 3.38. The normalized spacial score (nSPS) is 18.0. The molecule has 2 amide bonds. The highest BCUT2D eigenvalue weighted by Crippen LogP contribution is 2.65. The largest absolute Gasteiger partial charge is 0.494 e. The second-order valence-corrected chi connectivity index (χ2v) is 10.1. The van der Waals surface area contributed by atoms with Crippen LogP contribution in [0.2, 0.25) is 10.0 Å². The molecule has 2 unspecified atom stereocenters. The summed E-state index contributed by atoms with van der Waals surface area (Å²) in [6.45, 7) is 0. The number of nitrogens with one attached hydrogen (secondary N) is 2. The third-order valence-electron chi connectivity index (χ3n) is 5.50. The number of hydrogen-bond donors (Lipinski definition) is 2. The first-order chi connectivity index (χ1) is 16.5. The number of carbonyl (C=O) groups excluding carboxylic acids is 2. The number of hydrogen-bond acceptors (Lipinski definition) is 3. The van der Waals surface area contributed by atoms with Gasteiger partial charge in [0, 0.05) is 17.3 Å². The van der Waals surface area contributed by atoms with Gasteiger partial charge in [-0.1, -0.05) is 29.3 Å². The number of benzene rings is 3. The van der Waals surface area contributed by atoms with Crippen LogP contribution in [0, 0.1) is 17.6 Å². The van der Waals surface area contributed by atoms with Crippen molar-refractivity contribution in [3.05, 3.63) is 87.4 Å². The molecule has 0 saturated heterocycles. The van der Waals surface area contributed by atoms with Gasteiger partial charge in [-0.3, -0.25) is 9.59 Å². The summed E-state index contributed by atoms with van der Waals surface area (Å²) in [6.07, 6.45) is 0. The lowest BCUT2D eigenvalue weighted by atomic mass is 10.1. The summed E-state index contributed by atoms with van der Waals surface area (Å²) >= 11 is 24.8. The first kappa shape index (κ1) is 25.5. The summed E-state index contributed by atoms with van der Waals surface area (Å²) in [7, 11) is 1.34. The van der Waals surface area contributed by atoms with Crippen LogP contribution in [0.3, 0.4) is 0 Å². The lowest BCUT2D eigenvalue weighted by molar-refractivity contribution is -0.117. The fraction of sp³-hybridized carbons (Fsp3) is 0.167. The molecule has 2 N–H and O–H groups in total. The molecule has 0 aliphatic heterocycles. The van der Waals surface area contributed by atoms with Gasteiger partial charge in [0.1, 0.15) is 21.7 Å². The van der Waals surface area contributed by atoms with E-state index < -0.39 is 39.6 Å². The van der Waals surface area contributed by atoms with Crippen LogP contribution in [0.25, 0.3) is 0 Å². The maximum atomic E-state index is 13.5. The van der Waals surface area contributed by atoms with Gasteiger partial charge in [0.05, 0.1) is 28.6 Å². The lowest BCUT2D eigenvalue weighted by Crippen LogP contribution is -2.18. The second kappa shape index (κ2) is 9.82. The zero-order chi connectivity index (χ0) is 25.5. The van der Waals surface area contributed by atoms with Crippen molar-refractivity contribution in [3.8, 4) is 5.75 Å². The molecule has 1 fully saturated rings. The lowest BCUT2D eigenvalue weighted by Gasteiger charge is -2.14. The van der Waals surface area contributed by atoms with Gasteiger partial charge in [-0.15, -0.1) is 23.2 Å². The van der Waals surface area contributed by atoms with Gasteiger partial charge < -0.3 is 15.4 Å². The van der Waals surface area contributed by atoms with E-state index in [2.05, 4.69) is 10.6 Å². The van der Waals surface area contributed by atoms with E-state index in [1.807, 2.05) is 0 Å². The van der Waals surface area contributed by atoms with Crippen LogP contribution in [0.4, 0.5) is 20.2 Å². The Balaban J connectivity index is 1.56. The van der Waals surface area contributed by atoms with Gasteiger partial charge in [0.15, 0.2) is 0 Å². The number of anilines is 2. The van der Waals surface area contributed by atoms with E-state index in [9.17, 15) is 18.4 Å². The second-order valence-electron chi connectivity index (χ2n) is 7.79. The molecule has 2 atom stereocenters. The van der Waals surface area contributed by atoms with Crippen LogP contribution in [-0.2, 0) is 4.79 Å². The third-order valence-corrected chi connectivity index (χ3v) is 7.01. The Bertz CT molecular complexity index is 1320. The molecule has 0 spiro atoms. The molecule has 35 heavy (non-hydrogen) atoms. The molecule has 0 radical (unpaired) electrons. The van der Waals surface area contributed by atoms with E-state index in [1.54, 1.807) is 0 Å². The molecule has 182 valence electrons. The van der Waals surface area contributed by atoms with Crippen molar-refractivity contribution in [2.75, 3.05) is 17.7 Å². The number of rotatable bonds is 6. The number of alkyl halides is 2. The Morgan fingerprint density at radius 2 is 1.60 bits per heavy atom. The number of amides is 2. The van der Waals surface area contributed by atoms with Crippen LogP contribution in [0.5, 0.6) is 5.75 Å². The number of ether oxygens (including phenoxy) is 1. The maximum Gasteiger partial charge on any atom is 0.259 e. The minimum atomic E-state index is -1.44. The molecule has 1 saturated carbocycles. The van der Waals surface area contributed by atoms with E-state index in [4.69, 9.17) is 51.1 Å². The van der Waals surface area contributed by atoms with Crippen molar-refractivity contribution >= 4 is 69.6 Å². The maximum absolute atomic E-state index is 13.5. The predicted molar refractivity (Wildman–Crippen MR) is 133 cm³/mol. The van der Waals surface area contributed by atoms with Gasteiger partial charge in [0.25, 0.3) is 5.91 Å². The van der Waals surface area contributed by atoms with Crippen LogP contribution in [0.15, 0.2) is 54.6 Å². The van der Waals surface area contributed by atoms with Crippen molar-refractivity contribution in [3.63, 3.8) is 0 Å². The minimum absolute atomic E-state index is 0.0281. The molecule has 4 rings (SSSR count). The molecule has 0 heterocycles. The Hall–Kier alpha value is -2.58. The Labute approximate surface area is 219 Å². The van der Waals surface area contributed by atoms with Gasteiger partial charge in [-0.2, -0.15) is 0 Å². The van der Waals surface area contributed by atoms with Gasteiger partial charge in [-0.25, -0.2) is 8.78 Å². The molecular weight excluding hydrogens is 544 g/mol. The summed E-state index contributed by atoms with van der Waals surface area (Å²) in [5, 5.41) is 5.22. The first-order valence-corrected chi connectivity index (χ1v) is 11.6. The van der Waals surface area contributed by atoms with Crippen molar-refractivity contribution in [2.24, 2.45) is 5.92 Å². The highest BCUT2D eigenvalue weighted by atomic mass is 35.5. The SMILES string of the molecule is COc1c(Cl)cc(NC(=O)C2C(c3ccc(F)c(Cl)c3)C2(Cl)Cl)cc1C(=O)Nc1ccc(F)cc1. The zero-order valence-electron chi connectivity index (χ0n) is 17.8. The molecule has 11 heteroatoms. The quantitative estimate of drug-likeness (QED) is 0.318. The predicted octanol–water partition coefficient (Wildman–Crippen LogP) is 7.06. The van der Waals surface area contributed by atoms with Gasteiger partial charge in [0.2, 0.25) is 5.91 Å². The monoisotopic (exact) mass is 558 g/mol. The summed E-state index contributed by atoms with van der Waals surface area (Å²) in [5.74, 6) is -3.61. The van der Waals surface area contributed by atoms with Crippen LogP contribution < -0.4 is 15.4 Å². The van der Waals surface area contributed by atoms with E-state index >= 15 is 0 Å². The summed E-state index contributed by atoms with van der Waals surface area (Å²) in [4.78, 5) is 25.9. The molecule has 0 bridgehead atoms. The van der Waals surface area contributed by atoms with Crippen LogP contribution in [0.1, 0.15) is 21.8 Å². The van der Waals surface area contributed by atoms with Crippen LogP contribution >= 0.6 is 46.4 Å².